The predicted molar refractivity (Wildman–Crippen MR) is 74.6 cm³/mol. The summed E-state index contributed by atoms with van der Waals surface area (Å²) >= 11 is 0. The Morgan fingerprint density at radius 3 is 2.61 bits per heavy atom. The number of rotatable bonds is 4. The number of guanidine groups is 1. The summed E-state index contributed by atoms with van der Waals surface area (Å²) in [5.41, 5.74) is 0.369. The lowest BCUT2D eigenvalue weighted by Crippen LogP contribution is -2.41. The molecule has 1 heterocycles. The Morgan fingerprint density at radius 2 is 2.11 bits per heavy atom. The van der Waals surface area contributed by atoms with Gasteiger partial charge in [-0.1, -0.05) is 13.8 Å². The zero-order valence-electron chi connectivity index (χ0n) is 12.0. The molecule has 1 saturated heterocycles. The van der Waals surface area contributed by atoms with E-state index >= 15 is 0 Å². The fourth-order valence-electron chi connectivity index (χ4n) is 2.11. The highest BCUT2D eigenvalue weighted by molar-refractivity contribution is 5.80. The molecule has 0 unspecified atom stereocenters. The molecule has 0 aromatic heterocycles. The Morgan fingerprint density at radius 1 is 1.39 bits per heavy atom. The van der Waals surface area contributed by atoms with Crippen LogP contribution in [-0.4, -0.2) is 49.5 Å². The molecule has 2 N–H and O–H groups in total. The third kappa shape index (κ3) is 4.94. The monoisotopic (exact) mass is 254 g/mol. The van der Waals surface area contributed by atoms with E-state index in [9.17, 15) is 4.79 Å². The van der Waals surface area contributed by atoms with Crippen molar-refractivity contribution >= 4 is 11.9 Å². The van der Waals surface area contributed by atoms with Crippen LogP contribution in [0, 0.1) is 5.41 Å². The van der Waals surface area contributed by atoms with E-state index in [1.54, 1.807) is 0 Å². The maximum absolute atomic E-state index is 10.8. The van der Waals surface area contributed by atoms with Gasteiger partial charge in [0.2, 0.25) is 5.91 Å². The molecule has 104 valence electrons. The van der Waals surface area contributed by atoms with E-state index in [1.165, 1.54) is 13.3 Å². The molecule has 0 aromatic carbocycles. The molecule has 5 heteroatoms. The SMILES string of the molecule is CCNC(=NCCNC(C)=O)N1CCC(C)(C)C1. The second-order valence-corrected chi connectivity index (χ2v) is 5.55. The van der Waals surface area contributed by atoms with Crippen LogP contribution in [0.25, 0.3) is 0 Å². The summed E-state index contributed by atoms with van der Waals surface area (Å²) in [6.45, 7) is 12.4. The van der Waals surface area contributed by atoms with Crippen LogP contribution in [0.3, 0.4) is 0 Å². The number of amides is 1. The average Bonchev–Trinajstić information content (AvgIpc) is 2.63. The summed E-state index contributed by atoms with van der Waals surface area (Å²) in [4.78, 5) is 17.6. The second kappa shape index (κ2) is 6.61. The molecule has 0 atom stereocenters. The van der Waals surface area contributed by atoms with Crippen LogP contribution in [0.15, 0.2) is 4.99 Å². The minimum atomic E-state index is -0.00231. The molecular formula is C13H26N4O. The summed E-state index contributed by atoms with van der Waals surface area (Å²) in [5, 5.41) is 6.07. The van der Waals surface area contributed by atoms with Crippen molar-refractivity contribution in [2.24, 2.45) is 10.4 Å². The van der Waals surface area contributed by atoms with Crippen molar-refractivity contribution in [3.63, 3.8) is 0 Å². The molecule has 1 aliphatic heterocycles. The second-order valence-electron chi connectivity index (χ2n) is 5.55. The van der Waals surface area contributed by atoms with E-state index in [4.69, 9.17) is 0 Å². The van der Waals surface area contributed by atoms with E-state index in [-0.39, 0.29) is 5.91 Å². The van der Waals surface area contributed by atoms with E-state index in [2.05, 4.69) is 41.3 Å². The van der Waals surface area contributed by atoms with Crippen molar-refractivity contribution in [2.45, 2.75) is 34.1 Å². The van der Waals surface area contributed by atoms with Crippen molar-refractivity contribution in [1.29, 1.82) is 0 Å². The normalized spacial score (nSPS) is 18.9. The van der Waals surface area contributed by atoms with Crippen LogP contribution >= 0.6 is 0 Å². The third-order valence-electron chi connectivity index (χ3n) is 3.06. The molecule has 5 nitrogen and oxygen atoms in total. The zero-order chi connectivity index (χ0) is 13.6. The van der Waals surface area contributed by atoms with Gasteiger partial charge in [0.05, 0.1) is 6.54 Å². The van der Waals surface area contributed by atoms with Gasteiger partial charge in [0, 0.05) is 33.1 Å². The number of likely N-dealkylation sites (tertiary alicyclic amines) is 1. The van der Waals surface area contributed by atoms with Gasteiger partial charge in [-0.15, -0.1) is 0 Å². The highest BCUT2D eigenvalue weighted by Crippen LogP contribution is 2.28. The molecule has 1 fully saturated rings. The number of aliphatic imine (C=N–C) groups is 1. The molecule has 0 aromatic rings. The van der Waals surface area contributed by atoms with Crippen LogP contribution < -0.4 is 10.6 Å². The number of hydrogen-bond donors (Lipinski definition) is 2. The first-order chi connectivity index (χ1) is 8.44. The first kappa shape index (κ1) is 14.8. The maximum Gasteiger partial charge on any atom is 0.216 e. The molecule has 1 amide bonds. The molecule has 0 radical (unpaired) electrons. The van der Waals surface area contributed by atoms with Gasteiger partial charge in [-0.05, 0) is 18.8 Å². The standard InChI is InChI=1S/C13H26N4O/c1-5-14-12(16-8-7-15-11(2)18)17-9-6-13(3,4)10-17/h5-10H2,1-4H3,(H,14,16)(H,15,18). The topological polar surface area (TPSA) is 56.7 Å². The highest BCUT2D eigenvalue weighted by Gasteiger charge is 2.30. The van der Waals surface area contributed by atoms with Crippen LogP contribution in [0.1, 0.15) is 34.1 Å². The van der Waals surface area contributed by atoms with E-state index < -0.39 is 0 Å². The minimum Gasteiger partial charge on any atom is -0.357 e. The van der Waals surface area contributed by atoms with Gasteiger partial charge in [-0.3, -0.25) is 9.79 Å². The van der Waals surface area contributed by atoms with Crippen LogP contribution in [0.2, 0.25) is 0 Å². The van der Waals surface area contributed by atoms with Crippen LogP contribution in [0.5, 0.6) is 0 Å². The van der Waals surface area contributed by atoms with Crippen LogP contribution in [-0.2, 0) is 4.79 Å². The Bertz CT molecular complexity index is 312. The van der Waals surface area contributed by atoms with Gasteiger partial charge in [0.25, 0.3) is 0 Å². The number of nitrogens with zero attached hydrogens (tertiary/aromatic N) is 2. The Balaban J connectivity index is 2.48. The van der Waals surface area contributed by atoms with Crippen molar-refractivity contribution in [1.82, 2.24) is 15.5 Å². The summed E-state index contributed by atoms with van der Waals surface area (Å²) in [6, 6.07) is 0. The minimum absolute atomic E-state index is 0.00231. The lowest BCUT2D eigenvalue weighted by Gasteiger charge is -2.23. The lowest BCUT2D eigenvalue weighted by molar-refractivity contribution is -0.118. The van der Waals surface area contributed by atoms with Gasteiger partial charge >= 0.3 is 0 Å². The van der Waals surface area contributed by atoms with Gasteiger partial charge < -0.3 is 15.5 Å². The number of nitrogens with one attached hydrogen (secondary N) is 2. The molecule has 1 aliphatic rings. The highest BCUT2D eigenvalue weighted by atomic mass is 16.1. The van der Waals surface area contributed by atoms with Crippen molar-refractivity contribution in [2.75, 3.05) is 32.7 Å². The van der Waals surface area contributed by atoms with Gasteiger partial charge in [-0.25, -0.2) is 0 Å². The van der Waals surface area contributed by atoms with E-state index in [1.807, 2.05) is 0 Å². The van der Waals surface area contributed by atoms with Crippen LogP contribution in [0.4, 0.5) is 0 Å². The first-order valence-corrected chi connectivity index (χ1v) is 6.72. The van der Waals surface area contributed by atoms with Crippen molar-refractivity contribution in [3.8, 4) is 0 Å². The molecule has 0 spiro atoms. The smallest absolute Gasteiger partial charge is 0.216 e. The average molecular weight is 254 g/mol. The number of carbonyl (C=O) groups is 1. The fourth-order valence-corrected chi connectivity index (χ4v) is 2.11. The van der Waals surface area contributed by atoms with Gasteiger partial charge in [-0.2, -0.15) is 0 Å². The number of carbonyl (C=O) groups excluding carboxylic acids is 1. The maximum atomic E-state index is 10.8. The lowest BCUT2D eigenvalue weighted by atomic mass is 9.93. The molecule has 18 heavy (non-hydrogen) atoms. The zero-order valence-corrected chi connectivity index (χ0v) is 12.0. The largest absolute Gasteiger partial charge is 0.357 e. The van der Waals surface area contributed by atoms with E-state index in [0.717, 1.165) is 25.6 Å². The quantitative estimate of drug-likeness (QED) is 0.444. The summed E-state index contributed by atoms with van der Waals surface area (Å²) in [7, 11) is 0. The van der Waals surface area contributed by atoms with Gasteiger partial charge in [0.1, 0.15) is 0 Å². The molecular weight excluding hydrogens is 228 g/mol. The summed E-state index contributed by atoms with van der Waals surface area (Å²) in [5.74, 6) is 0.964. The molecule has 0 saturated carbocycles. The third-order valence-corrected chi connectivity index (χ3v) is 3.06. The first-order valence-electron chi connectivity index (χ1n) is 6.72. The van der Waals surface area contributed by atoms with Crippen molar-refractivity contribution < 1.29 is 4.79 Å². The fraction of sp³-hybridized carbons (Fsp3) is 0.846. The molecule has 0 aliphatic carbocycles. The summed E-state index contributed by atoms with van der Waals surface area (Å²) < 4.78 is 0. The Labute approximate surface area is 110 Å². The Kier molecular flexibility index (Phi) is 5.44. The van der Waals surface area contributed by atoms with Gasteiger partial charge in [0.15, 0.2) is 5.96 Å². The number of hydrogen-bond acceptors (Lipinski definition) is 2. The van der Waals surface area contributed by atoms with Crippen molar-refractivity contribution in [3.05, 3.63) is 0 Å². The predicted octanol–water partition coefficient (Wildman–Crippen LogP) is 0.820. The molecule has 1 rings (SSSR count). The van der Waals surface area contributed by atoms with E-state index in [0.29, 0.717) is 18.5 Å². The summed E-state index contributed by atoms with van der Waals surface area (Å²) in [6.07, 6.45) is 1.20. The molecule has 0 bridgehead atoms. The Hall–Kier alpha value is -1.26.